The van der Waals surface area contributed by atoms with E-state index in [-0.39, 0.29) is 5.92 Å². The highest BCUT2D eigenvalue weighted by molar-refractivity contribution is 4.99. The van der Waals surface area contributed by atoms with Gasteiger partial charge in [0.15, 0.2) is 5.82 Å². The summed E-state index contributed by atoms with van der Waals surface area (Å²) in [5.41, 5.74) is 0. The number of nitrogens with one attached hydrogen (secondary N) is 1. The van der Waals surface area contributed by atoms with E-state index in [1.54, 1.807) is 0 Å². The predicted molar refractivity (Wildman–Crippen MR) is 64.6 cm³/mol. The van der Waals surface area contributed by atoms with Gasteiger partial charge in [-0.1, -0.05) is 39.8 Å². The van der Waals surface area contributed by atoms with Crippen LogP contribution in [-0.2, 0) is 0 Å². The Bertz CT molecular complexity index is 309. The van der Waals surface area contributed by atoms with Crippen LogP contribution in [-0.4, -0.2) is 22.7 Å². The summed E-state index contributed by atoms with van der Waals surface area (Å²) in [5, 5.41) is 7.44. The van der Waals surface area contributed by atoms with Gasteiger partial charge >= 0.3 is 0 Å². The van der Waals surface area contributed by atoms with Crippen molar-refractivity contribution < 1.29 is 4.52 Å². The van der Waals surface area contributed by atoms with Crippen LogP contribution in [0.5, 0.6) is 0 Å². The Morgan fingerprint density at radius 3 is 2.38 bits per heavy atom. The van der Waals surface area contributed by atoms with E-state index in [2.05, 4.69) is 50.1 Å². The third kappa shape index (κ3) is 3.04. The van der Waals surface area contributed by atoms with Gasteiger partial charge in [0.05, 0.1) is 5.92 Å². The lowest BCUT2D eigenvalue weighted by atomic mass is 9.99. The number of aromatic nitrogens is 2. The molecule has 0 spiro atoms. The smallest absolute Gasteiger partial charge is 0.231 e. The van der Waals surface area contributed by atoms with E-state index in [1.165, 1.54) is 0 Å². The summed E-state index contributed by atoms with van der Waals surface area (Å²) in [5.74, 6) is 2.14. The Morgan fingerprint density at radius 1 is 1.25 bits per heavy atom. The first-order valence-corrected chi connectivity index (χ1v) is 6.16. The van der Waals surface area contributed by atoms with Crippen molar-refractivity contribution in [2.24, 2.45) is 0 Å². The second-order valence-electron chi connectivity index (χ2n) is 4.51. The average Bonchev–Trinajstić information content (AvgIpc) is 2.74. The normalized spacial score (nSPS) is 15.4. The monoisotopic (exact) mass is 225 g/mol. The van der Waals surface area contributed by atoms with Crippen LogP contribution in [0.2, 0.25) is 0 Å². The van der Waals surface area contributed by atoms with Gasteiger partial charge in [-0.2, -0.15) is 4.98 Å². The maximum absolute atomic E-state index is 5.32. The molecule has 0 radical (unpaired) electrons. The predicted octanol–water partition coefficient (Wildman–Crippen LogP) is 2.68. The van der Waals surface area contributed by atoms with Crippen LogP contribution in [0.15, 0.2) is 4.52 Å². The first-order chi connectivity index (χ1) is 7.60. The van der Waals surface area contributed by atoms with Crippen LogP contribution in [0.1, 0.15) is 64.6 Å². The molecule has 2 atom stereocenters. The van der Waals surface area contributed by atoms with Gasteiger partial charge in [0.25, 0.3) is 0 Å². The molecule has 4 nitrogen and oxygen atoms in total. The van der Waals surface area contributed by atoms with Crippen LogP contribution in [0, 0.1) is 0 Å². The largest absolute Gasteiger partial charge is 0.339 e. The molecule has 92 valence electrons. The lowest BCUT2D eigenvalue weighted by Gasteiger charge is -2.20. The van der Waals surface area contributed by atoms with E-state index in [9.17, 15) is 0 Å². The van der Waals surface area contributed by atoms with Crippen LogP contribution in [0.25, 0.3) is 0 Å². The highest BCUT2D eigenvalue weighted by atomic mass is 16.5. The van der Waals surface area contributed by atoms with Gasteiger partial charge in [-0.15, -0.1) is 0 Å². The number of likely N-dealkylation sites (N-methyl/N-ethyl adjacent to an activating group) is 1. The van der Waals surface area contributed by atoms with Gasteiger partial charge in [-0.3, -0.25) is 0 Å². The molecule has 0 amide bonds. The molecular weight excluding hydrogens is 202 g/mol. The van der Waals surface area contributed by atoms with E-state index in [0.29, 0.717) is 12.0 Å². The molecule has 1 N–H and O–H groups in total. The SMILES string of the molecule is CCNC(CC)C(C)c1nc(C(C)C)no1. The summed E-state index contributed by atoms with van der Waals surface area (Å²) in [6.45, 7) is 11.5. The molecule has 0 aliphatic rings. The zero-order valence-corrected chi connectivity index (χ0v) is 10.9. The quantitative estimate of drug-likeness (QED) is 0.808. The van der Waals surface area contributed by atoms with Gasteiger partial charge < -0.3 is 9.84 Å². The van der Waals surface area contributed by atoms with Gasteiger partial charge in [0.1, 0.15) is 0 Å². The Kier molecular flexibility index (Phi) is 4.93. The fourth-order valence-corrected chi connectivity index (χ4v) is 1.78. The molecule has 0 saturated carbocycles. The molecule has 4 heteroatoms. The molecule has 0 aliphatic carbocycles. The minimum absolute atomic E-state index is 0.268. The summed E-state index contributed by atoms with van der Waals surface area (Å²) in [6.07, 6.45) is 1.06. The third-order valence-electron chi connectivity index (χ3n) is 2.87. The number of nitrogens with zero attached hydrogens (tertiary/aromatic N) is 2. The Balaban J connectivity index is 2.73. The summed E-state index contributed by atoms with van der Waals surface area (Å²) in [4.78, 5) is 4.44. The van der Waals surface area contributed by atoms with E-state index >= 15 is 0 Å². The average molecular weight is 225 g/mol. The molecule has 0 fully saturated rings. The molecule has 2 unspecified atom stereocenters. The molecule has 1 aromatic heterocycles. The second kappa shape index (κ2) is 5.99. The minimum Gasteiger partial charge on any atom is -0.339 e. The fourth-order valence-electron chi connectivity index (χ4n) is 1.78. The molecule has 0 bridgehead atoms. The molecule has 0 aliphatic heterocycles. The molecule has 1 aromatic rings. The third-order valence-corrected chi connectivity index (χ3v) is 2.87. The lowest BCUT2D eigenvalue weighted by Crippen LogP contribution is -2.33. The van der Waals surface area contributed by atoms with E-state index in [1.807, 2.05) is 0 Å². The van der Waals surface area contributed by atoms with Gasteiger partial charge in [0.2, 0.25) is 5.89 Å². The van der Waals surface area contributed by atoms with Crippen molar-refractivity contribution in [1.82, 2.24) is 15.5 Å². The van der Waals surface area contributed by atoms with E-state index in [0.717, 1.165) is 24.7 Å². The molecule has 0 aromatic carbocycles. The number of hydrogen-bond acceptors (Lipinski definition) is 4. The van der Waals surface area contributed by atoms with Crippen molar-refractivity contribution in [3.8, 4) is 0 Å². The zero-order chi connectivity index (χ0) is 12.1. The topological polar surface area (TPSA) is 51.0 Å². The number of hydrogen-bond donors (Lipinski definition) is 1. The molecule has 1 heterocycles. The maximum Gasteiger partial charge on any atom is 0.231 e. The molecule has 0 saturated heterocycles. The summed E-state index contributed by atoms with van der Waals surface area (Å²) in [7, 11) is 0. The molecule has 16 heavy (non-hydrogen) atoms. The van der Waals surface area contributed by atoms with Gasteiger partial charge in [-0.25, -0.2) is 0 Å². The van der Waals surface area contributed by atoms with Gasteiger partial charge in [-0.05, 0) is 13.0 Å². The summed E-state index contributed by atoms with van der Waals surface area (Å²) in [6, 6.07) is 0.408. The summed E-state index contributed by atoms with van der Waals surface area (Å²) >= 11 is 0. The van der Waals surface area contributed by atoms with E-state index in [4.69, 9.17) is 4.52 Å². The molecule has 1 rings (SSSR count). The van der Waals surface area contributed by atoms with Crippen LogP contribution >= 0.6 is 0 Å². The zero-order valence-electron chi connectivity index (χ0n) is 10.9. The highest BCUT2D eigenvalue weighted by Gasteiger charge is 2.22. The standard InChI is InChI=1S/C12H23N3O/c1-6-10(13-7-2)9(5)12-14-11(8(3)4)15-16-12/h8-10,13H,6-7H2,1-5H3. The Morgan fingerprint density at radius 2 is 1.94 bits per heavy atom. The van der Waals surface area contributed by atoms with Crippen molar-refractivity contribution in [3.63, 3.8) is 0 Å². The van der Waals surface area contributed by atoms with Crippen molar-refractivity contribution >= 4 is 0 Å². The minimum atomic E-state index is 0.268. The first kappa shape index (κ1) is 13.2. The molecular formula is C12H23N3O. The number of rotatable bonds is 6. The van der Waals surface area contributed by atoms with Crippen LogP contribution in [0.4, 0.5) is 0 Å². The fraction of sp³-hybridized carbons (Fsp3) is 0.833. The first-order valence-electron chi connectivity index (χ1n) is 6.16. The summed E-state index contributed by atoms with van der Waals surface area (Å²) < 4.78 is 5.32. The van der Waals surface area contributed by atoms with Gasteiger partial charge in [0, 0.05) is 12.0 Å². The van der Waals surface area contributed by atoms with Crippen LogP contribution < -0.4 is 5.32 Å². The van der Waals surface area contributed by atoms with Crippen LogP contribution in [0.3, 0.4) is 0 Å². The van der Waals surface area contributed by atoms with Crippen molar-refractivity contribution in [3.05, 3.63) is 11.7 Å². The van der Waals surface area contributed by atoms with Crippen molar-refractivity contribution in [1.29, 1.82) is 0 Å². The lowest BCUT2D eigenvalue weighted by molar-refractivity contribution is 0.318. The highest BCUT2D eigenvalue weighted by Crippen LogP contribution is 2.21. The van der Waals surface area contributed by atoms with E-state index < -0.39 is 0 Å². The second-order valence-corrected chi connectivity index (χ2v) is 4.51. The Labute approximate surface area is 97.8 Å². The Hall–Kier alpha value is -0.900. The van der Waals surface area contributed by atoms with Crippen molar-refractivity contribution in [2.45, 2.75) is 58.9 Å². The van der Waals surface area contributed by atoms with Crippen molar-refractivity contribution in [2.75, 3.05) is 6.54 Å². The maximum atomic E-state index is 5.32.